The minimum Gasteiger partial charge on any atom is -0.462 e. The molecule has 0 bridgehead atoms. The van der Waals surface area contributed by atoms with Crippen LogP contribution in [0.2, 0.25) is 0 Å². The van der Waals surface area contributed by atoms with E-state index in [1.807, 2.05) is 6.07 Å². The van der Waals surface area contributed by atoms with Gasteiger partial charge >= 0.3 is 5.97 Å². The fourth-order valence-corrected chi connectivity index (χ4v) is 1.76. The van der Waals surface area contributed by atoms with Gasteiger partial charge in [-0.05, 0) is 6.42 Å². The number of ether oxygens (including phenoxy) is 1. The van der Waals surface area contributed by atoms with Gasteiger partial charge in [0.2, 0.25) is 0 Å². The summed E-state index contributed by atoms with van der Waals surface area (Å²) in [6.07, 6.45) is 11.0. The zero-order valence-electron chi connectivity index (χ0n) is 12.2. The Labute approximate surface area is 116 Å². The third-order valence-corrected chi connectivity index (χ3v) is 2.86. The maximum absolute atomic E-state index is 11.4. The van der Waals surface area contributed by atoms with Crippen molar-refractivity contribution >= 4 is 5.97 Å². The molecule has 0 fully saturated rings. The zero-order chi connectivity index (χ0) is 14.3. The second-order valence-electron chi connectivity index (χ2n) is 4.57. The molecule has 0 aliphatic carbocycles. The fourth-order valence-electron chi connectivity index (χ4n) is 1.76. The van der Waals surface area contributed by atoms with Gasteiger partial charge in [-0.3, -0.25) is 0 Å². The van der Waals surface area contributed by atoms with Crippen LogP contribution >= 0.6 is 0 Å². The largest absolute Gasteiger partial charge is 0.462 e. The van der Waals surface area contributed by atoms with Crippen molar-refractivity contribution in [1.29, 1.82) is 5.26 Å². The number of nitrogens with zero attached hydrogens (tertiary/aromatic N) is 1. The number of nitrogens with one attached hydrogen (secondary N) is 1. The lowest BCUT2D eigenvalue weighted by atomic mass is 10.1. The fraction of sp³-hybridized carbons (Fsp3) is 0.733. The number of unbranched alkanes of at least 4 members (excludes halogenated alkanes) is 7. The van der Waals surface area contributed by atoms with Crippen molar-refractivity contribution in [3.63, 3.8) is 0 Å². The van der Waals surface area contributed by atoms with Crippen molar-refractivity contribution in [2.75, 3.05) is 13.7 Å². The second-order valence-corrected chi connectivity index (χ2v) is 4.57. The summed E-state index contributed by atoms with van der Waals surface area (Å²) in [6.45, 7) is 2.61. The van der Waals surface area contributed by atoms with Crippen molar-refractivity contribution in [2.45, 2.75) is 58.3 Å². The van der Waals surface area contributed by atoms with Gasteiger partial charge in [0.25, 0.3) is 0 Å². The number of esters is 1. The average molecular weight is 266 g/mol. The standard InChI is InChI=1S/C15H26N2O2/c1-3-4-5-6-7-8-9-10-11-19-15(18)14(12-16)13-17-2/h13,17H,3-11H2,1-2H3. The van der Waals surface area contributed by atoms with E-state index < -0.39 is 5.97 Å². The van der Waals surface area contributed by atoms with Gasteiger partial charge in [-0.1, -0.05) is 51.9 Å². The molecule has 0 amide bonds. The van der Waals surface area contributed by atoms with E-state index in [-0.39, 0.29) is 5.57 Å². The summed E-state index contributed by atoms with van der Waals surface area (Å²) in [6, 6.07) is 1.81. The minimum absolute atomic E-state index is 0.0158. The lowest BCUT2D eigenvalue weighted by molar-refractivity contribution is -0.138. The van der Waals surface area contributed by atoms with Crippen LogP contribution in [0.3, 0.4) is 0 Å². The molecule has 0 radical (unpaired) electrons. The van der Waals surface area contributed by atoms with Crippen LogP contribution in [-0.2, 0) is 9.53 Å². The van der Waals surface area contributed by atoms with Crippen molar-refractivity contribution in [3.05, 3.63) is 11.8 Å². The summed E-state index contributed by atoms with van der Waals surface area (Å²) in [5.74, 6) is -0.542. The Balaban J connectivity index is 3.47. The molecule has 0 aliphatic rings. The number of rotatable bonds is 11. The van der Waals surface area contributed by atoms with Crippen molar-refractivity contribution in [3.8, 4) is 6.07 Å². The Morgan fingerprint density at radius 3 is 2.26 bits per heavy atom. The van der Waals surface area contributed by atoms with Gasteiger partial charge in [-0.2, -0.15) is 5.26 Å². The van der Waals surface area contributed by atoms with E-state index in [0.29, 0.717) is 6.61 Å². The van der Waals surface area contributed by atoms with Gasteiger partial charge in [0.05, 0.1) is 6.61 Å². The summed E-state index contributed by atoms with van der Waals surface area (Å²) in [4.78, 5) is 11.4. The molecular weight excluding hydrogens is 240 g/mol. The van der Waals surface area contributed by atoms with E-state index >= 15 is 0 Å². The number of nitriles is 1. The van der Waals surface area contributed by atoms with Gasteiger partial charge in [0.1, 0.15) is 6.07 Å². The Hall–Kier alpha value is -1.50. The maximum atomic E-state index is 11.4. The predicted octanol–water partition coefficient (Wildman–Crippen LogP) is 3.30. The van der Waals surface area contributed by atoms with Crippen molar-refractivity contribution < 1.29 is 9.53 Å². The summed E-state index contributed by atoms with van der Waals surface area (Å²) >= 11 is 0. The first kappa shape index (κ1) is 17.5. The predicted molar refractivity (Wildman–Crippen MR) is 76.3 cm³/mol. The SMILES string of the molecule is CCCCCCCCCCOC(=O)C(C#N)=CNC. The van der Waals surface area contributed by atoms with Crippen LogP contribution in [0.25, 0.3) is 0 Å². The van der Waals surface area contributed by atoms with Crippen LogP contribution in [0, 0.1) is 11.3 Å². The Kier molecular flexibility index (Phi) is 11.9. The zero-order valence-corrected chi connectivity index (χ0v) is 12.2. The normalized spacial score (nSPS) is 10.9. The molecule has 0 aliphatic heterocycles. The van der Waals surface area contributed by atoms with E-state index in [9.17, 15) is 4.79 Å². The highest BCUT2D eigenvalue weighted by molar-refractivity contribution is 5.92. The molecular formula is C15H26N2O2. The molecule has 0 saturated carbocycles. The van der Waals surface area contributed by atoms with E-state index in [1.54, 1.807) is 7.05 Å². The minimum atomic E-state index is -0.542. The third kappa shape index (κ3) is 10.1. The number of hydrogen-bond donors (Lipinski definition) is 1. The van der Waals surface area contributed by atoms with Gasteiger partial charge in [-0.25, -0.2) is 4.79 Å². The number of carbonyl (C=O) groups excluding carboxylic acids is 1. The van der Waals surface area contributed by atoms with Crippen molar-refractivity contribution in [2.24, 2.45) is 0 Å². The number of carbonyl (C=O) groups is 1. The molecule has 108 valence electrons. The molecule has 0 aromatic heterocycles. The highest BCUT2D eigenvalue weighted by Crippen LogP contribution is 2.08. The molecule has 0 heterocycles. The molecule has 0 saturated heterocycles. The summed E-state index contributed by atoms with van der Waals surface area (Å²) in [5.41, 5.74) is 0.0158. The quantitative estimate of drug-likeness (QED) is 0.270. The van der Waals surface area contributed by atoms with Crippen LogP contribution in [0.15, 0.2) is 11.8 Å². The maximum Gasteiger partial charge on any atom is 0.350 e. The Morgan fingerprint density at radius 2 is 1.74 bits per heavy atom. The highest BCUT2D eigenvalue weighted by atomic mass is 16.5. The average Bonchev–Trinajstić information content (AvgIpc) is 2.42. The van der Waals surface area contributed by atoms with E-state index in [0.717, 1.165) is 12.8 Å². The van der Waals surface area contributed by atoms with Crippen LogP contribution in [0.1, 0.15) is 58.3 Å². The van der Waals surface area contributed by atoms with Gasteiger partial charge < -0.3 is 10.1 Å². The topological polar surface area (TPSA) is 62.1 Å². The summed E-state index contributed by atoms with van der Waals surface area (Å²) < 4.78 is 5.02. The molecule has 0 unspecified atom stereocenters. The van der Waals surface area contributed by atoms with E-state index in [2.05, 4.69) is 12.2 Å². The third-order valence-electron chi connectivity index (χ3n) is 2.86. The monoisotopic (exact) mass is 266 g/mol. The molecule has 19 heavy (non-hydrogen) atoms. The molecule has 4 heteroatoms. The smallest absolute Gasteiger partial charge is 0.350 e. The van der Waals surface area contributed by atoms with Gasteiger partial charge in [-0.15, -0.1) is 0 Å². The molecule has 4 nitrogen and oxygen atoms in total. The lowest BCUT2D eigenvalue weighted by Gasteiger charge is -2.04. The summed E-state index contributed by atoms with van der Waals surface area (Å²) in [5, 5.41) is 11.4. The summed E-state index contributed by atoms with van der Waals surface area (Å²) in [7, 11) is 1.64. The molecule has 0 spiro atoms. The van der Waals surface area contributed by atoms with Crippen LogP contribution in [0.4, 0.5) is 0 Å². The molecule has 0 aromatic rings. The van der Waals surface area contributed by atoms with Crippen LogP contribution < -0.4 is 5.32 Å². The molecule has 0 atom stereocenters. The van der Waals surface area contributed by atoms with E-state index in [1.165, 1.54) is 44.7 Å². The van der Waals surface area contributed by atoms with Gasteiger partial charge in [0, 0.05) is 13.2 Å². The van der Waals surface area contributed by atoms with Crippen LogP contribution in [-0.4, -0.2) is 19.6 Å². The van der Waals surface area contributed by atoms with Gasteiger partial charge in [0.15, 0.2) is 5.57 Å². The van der Waals surface area contributed by atoms with Crippen LogP contribution in [0.5, 0.6) is 0 Å². The molecule has 0 rings (SSSR count). The lowest BCUT2D eigenvalue weighted by Crippen LogP contribution is -2.10. The first-order valence-electron chi connectivity index (χ1n) is 7.20. The number of hydrogen-bond acceptors (Lipinski definition) is 4. The molecule has 1 N–H and O–H groups in total. The van der Waals surface area contributed by atoms with E-state index in [4.69, 9.17) is 10.00 Å². The second kappa shape index (κ2) is 12.9. The van der Waals surface area contributed by atoms with Crippen molar-refractivity contribution in [1.82, 2.24) is 5.32 Å². The molecule has 0 aromatic carbocycles. The Bertz CT molecular complexity index is 306. The first-order valence-corrected chi connectivity index (χ1v) is 7.20. The Morgan fingerprint density at radius 1 is 1.16 bits per heavy atom. The highest BCUT2D eigenvalue weighted by Gasteiger charge is 2.09. The first-order chi connectivity index (χ1) is 9.26.